The fraction of sp³-hybridized carbons (Fsp3) is 0.391. The molecular weight excluding hydrogens is 366 g/mol. The van der Waals surface area contributed by atoms with Gasteiger partial charge in [0.1, 0.15) is 11.3 Å². The molecule has 3 amide bonds. The van der Waals surface area contributed by atoms with Crippen molar-refractivity contribution in [3.8, 4) is 5.75 Å². The molecule has 1 fully saturated rings. The van der Waals surface area contributed by atoms with E-state index in [-0.39, 0.29) is 18.6 Å². The van der Waals surface area contributed by atoms with Crippen molar-refractivity contribution in [1.82, 2.24) is 15.1 Å². The van der Waals surface area contributed by atoms with Crippen LogP contribution in [0.25, 0.3) is 0 Å². The molecule has 1 aliphatic heterocycles. The smallest absolute Gasteiger partial charge is 0.326 e. The van der Waals surface area contributed by atoms with Crippen LogP contribution in [0.4, 0.5) is 4.79 Å². The number of nitrogens with one attached hydrogen (secondary N) is 1. The summed E-state index contributed by atoms with van der Waals surface area (Å²) in [6, 6.07) is 13.6. The minimum Gasteiger partial charge on any atom is -0.497 e. The molecule has 0 saturated carbocycles. The number of rotatable bonds is 6. The maximum Gasteiger partial charge on any atom is 0.326 e. The Bertz CT molecular complexity index is 941. The van der Waals surface area contributed by atoms with E-state index in [1.54, 1.807) is 14.0 Å². The van der Waals surface area contributed by atoms with Gasteiger partial charge in [0, 0.05) is 6.54 Å². The number of methoxy groups -OCH3 is 1. The monoisotopic (exact) mass is 393 g/mol. The topological polar surface area (TPSA) is 61.9 Å². The Kier molecular flexibility index (Phi) is 5.04. The highest BCUT2D eigenvalue weighted by Gasteiger charge is 2.49. The van der Waals surface area contributed by atoms with Crippen LogP contribution in [0, 0.1) is 0 Å². The third-order valence-corrected chi connectivity index (χ3v) is 5.95. The van der Waals surface area contributed by atoms with Crippen LogP contribution in [0.3, 0.4) is 0 Å². The number of carbonyl (C=O) groups excluding carboxylic acids is 2. The van der Waals surface area contributed by atoms with Crippen molar-refractivity contribution >= 4 is 11.9 Å². The predicted molar refractivity (Wildman–Crippen MR) is 111 cm³/mol. The number of hydrogen-bond acceptors (Lipinski definition) is 4. The van der Waals surface area contributed by atoms with E-state index in [0.717, 1.165) is 36.1 Å². The zero-order valence-corrected chi connectivity index (χ0v) is 17.2. The second-order valence-corrected chi connectivity index (χ2v) is 8.13. The van der Waals surface area contributed by atoms with Gasteiger partial charge in [-0.1, -0.05) is 30.3 Å². The Morgan fingerprint density at radius 1 is 1.10 bits per heavy atom. The molecule has 2 aromatic rings. The molecule has 6 heteroatoms. The first-order valence-electron chi connectivity index (χ1n) is 9.98. The van der Waals surface area contributed by atoms with Crippen LogP contribution < -0.4 is 10.1 Å². The number of benzene rings is 2. The third kappa shape index (κ3) is 3.60. The normalized spacial score (nSPS) is 20.9. The largest absolute Gasteiger partial charge is 0.497 e. The summed E-state index contributed by atoms with van der Waals surface area (Å²) in [4.78, 5) is 29.1. The zero-order valence-electron chi connectivity index (χ0n) is 17.2. The Labute approximate surface area is 171 Å². The number of aryl methyl sites for hydroxylation is 2. The average molecular weight is 393 g/mol. The lowest BCUT2D eigenvalue weighted by atomic mass is 9.90. The van der Waals surface area contributed by atoms with E-state index < -0.39 is 5.54 Å². The number of imide groups is 1. The van der Waals surface area contributed by atoms with Gasteiger partial charge in [0.15, 0.2) is 0 Å². The summed E-state index contributed by atoms with van der Waals surface area (Å²) >= 11 is 0. The SMILES string of the molecule is COc1ccc(CN(C)CN2C(=O)N[C@](C)(c3ccc4c(c3)CCC4)C2=O)cc1. The maximum atomic E-state index is 13.2. The summed E-state index contributed by atoms with van der Waals surface area (Å²) in [6.45, 7) is 2.65. The number of urea groups is 1. The van der Waals surface area contributed by atoms with Gasteiger partial charge < -0.3 is 10.1 Å². The van der Waals surface area contributed by atoms with E-state index >= 15 is 0 Å². The molecule has 2 aliphatic rings. The number of carbonyl (C=O) groups is 2. The summed E-state index contributed by atoms with van der Waals surface area (Å²) in [5, 5.41) is 2.92. The van der Waals surface area contributed by atoms with E-state index in [0.29, 0.717) is 6.54 Å². The van der Waals surface area contributed by atoms with Gasteiger partial charge in [-0.25, -0.2) is 9.69 Å². The van der Waals surface area contributed by atoms with Crippen molar-refractivity contribution in [3.05, 3.63) is 64.7 Å². The van der Waals surface area contributed by atoms with Crippen molar-refractivity contribution in [2.75, 3.05) is 20.8 Å². The van der Waals surface area contributed by atoms with Crippen molar-refractivity contribution in [1.29, 1.82) is 0 Å². The summed E-state index contributed by atoms with van der Waals surface area (Å²) in [5.74, 6) is 0.595. The van der Waals surface area contributed by atoms with Crippen LogP contribution in [0.15, 0.2) is 42.5 Å². The molecule has 1 saturated heterocycles. The first kappa shape index (κ1) is 19.5. The predicted octanol–water partition coefficient (Wildman–Crippen LogP) is 3.04. The van der Waals surface area contributed by atoms with Crippen LogP contribution in [-0.4, -0.2) is 42.6 Å². The molecule has 0 spiro atoms. The van der Waals surface area contributed by atoms with Crippen LogP contribution in [0.5, 0.6) is 5.75 Å². The number of amides is 3. The molecule has 0 radical (unpaired) electrons. The highest BCUT2D eigenvalue weighted by molar-refractivity contribution is 6.07. The lowest BCUT2D eigenvalue weighted by Crippen LogP contribution is -2.42. The fourth-order valence-corrected chi connectivity index (χ4v) is 4.24. The fourth-order valence-electron chi connectivity index (χ4n) is 4.24. The van der Waals surface area contributed by atoms with Crippen molar-refractivity contribution in [2.24, 2.45) is 0 Å². The van der Waals surface area contributed by atoms with Gasteiger partial charge in [0.2, 0.25) is 0 Å². The van der Waals surface area contributed by atoms with Gasteiger partial charge in [-0.15, -0.1) is 0 Å². The molecule has 1 aliphatic carbocycles. The number of fused-ring (bicyclic) bond motifs is 1. The molecule has 1 atom stereocenters. The Morgan fingerprint density at radius 3 is 2.55 bits per heavy atom. The van der Waals surface area contributed by atoms with Crippen LogP contribution in [-0.2, 0) is 29.7 Å². The molecular formula is C23H27N3O3. The second kappa shape index (κ2) is 7.52. The molecule has 0 bridgehead atoms. The second-order valence-electron chi connectivity index (χ2n) is 8.13. The third-order valence-electron chi connectivity index (χ3n) is 5.95. The summed E-state index contributed by atoms with van der Waals surface area (Å²) in [6.07, 6.45) is 3.28. The molecule has 0 unspecified atom stereocenters. The Morgan fingerprint density at radius 2 is 1.83 bits per heavy atom. The van der Waals surface area contributed by atoms with E-state index in [9.17, 15) is 9.59 Å². The molecule has 6 nitrogen and oxygen atoms in total. The van der Waals surface area contributed by atoms with Crippen molar-refractivity contribution < 1.29 is 14.3 Å². The Balaban J connectivity index is 1.47. The van der Waals surface area contributed by atoms with E-state index in [1.807, 2.05) is 42.3 Å². The molecule has 1 heterocycles. The first-order chi connectivity index (χ1) is 13.9. The lowest BCUT2D eigenvalue weighted by Gasteiger charge is -2.25. The minimum atomic E-state index is -1.02. The van der Waals surface area contributed by atoms with Gasteiger partial charge >= 0.3 is 6.03 Å². The molecule has 2 aromatic carbocycles. The lowest BCUT2D eigenvalue weighted by molar-refractivity contribution is -0.132. The zero-order chi connectivity index (χ0) is 20.6. The number of nitrogens with zero attached hydrogens (tertiary/aromatic N) is 2. The highest BCUT2D eigenvalue weighted by atomic mass is 16.5. The number of hydrogen-bond donors (Lipinski definition) is 1. The highest BCUT2D eigenvalue weighted by Crippen LogP contribution is 2.32. The standard InChI is InChI=1S/C23H27N3O3/c1-23(19-10-9-17-5-4-6-18(17)13-19)21(27)26(22(28)24-23)15-25(2)14-16-7-11-20(29-3)12-8-16/h7-13H,4-6,14-15H2,1-3H3,(H,24,28)/t23-/m1/s1. The summed E-state index contributed by atoms with van der Waals surface area (Å²) in [7, 11) is 3.53. The van der Waals surface area contributed by atoms with Crippen molar-refractivity contribution in [3.63, 3.8) is 0 Å². The molecule has 152 valence electrons. The summed E-state index contributed by atoms with van der Waals surface area (Å²) < 4.78 is 5.18. The quantitative estimate of drug-likeness (QED) is 0.767. The van der Waals surface area contributed by atoms with Crippen LogP contribution in [0.2, 0.25) is 0 Å². The average Bonchev–Trinajstić information content (AvgIpc) is 3.27. The maximum absolute atomic E-state index is 13.2. The molecule has 1 N–H and O–H groups in total. The van der Waals surface area contributed by atoms with Gasteiger partial charge in [-0.05, 0) is 67.6 Å². The molecule has 0 aromatic heterocycles. The number of ether oxygens (including phenoxy) is 1. The first-order valence-corrected chi connectivity index (χ1v) is 9.98. The molecule has 29 heavy (non-hydrogen) atoms. The van der Waals surface area contributed by atoms with Crippen LogP contribution >= 0.6 is 0 Å². The van der Waals surface area contributed by atoms with Gasteiger partial charge in [0.25, 0.3) is 5.91 Å². The van der Waals surface area contributed by atoms with Gasteiger partial charge in [-0.2, -0.15) is 0 Å². The Hall–Kier alpha value is -2.86. The van der Waals surface area contributed by atoms with E-state index in [2.05, 4.69) is 17.4 Å². The van der Waals surface area contributed by atoms with Gasteiger partial charge in [-0.3, -0.25) is 9.69 Å². The summed E-state index contributed by atoms with van der Waals surface area (Å²) in [5.41, 5.74) is 3.57. The molecule has 4 rings (SSSR count). The van der Waals surface area contributed by atoms with E-state index in [4.69, 9.17) is 4.74 Å². The minimum absolute atomic E-state index is 0.206. The van der Waals surface area contributed by atoms with Crippen molar-refractivity contribution in [2.45, 2.75) is 38.3 Å². The van der Waals surface area contributed by atoms with Gasteiger partial charge in [0.05, 0.1) is 13.8 Å². The van der Waals surface area contributed by atoms with E-state index in [1.165, 1.54) is 16.0 Å². The van der Waals surface area contributed by atoms with Crippen LogP contribution in [0.1, 0.15) is 35.6 Å².